The van der Waals surface area contributed by atoms with Gasteiger partial charge in [-0.3, -0.25) is 14.9 Å². The number of methoxy groups -OCH3 is 1. The number of carbonyl (C=O) groups excluding carboxylic acids is 2. The minimum Gasteiger partial charge on any atom is -0.468 e. The van der Waals surface area contributed by atoms with Gasteiger partial charge in [0.1, 0.15) is 6.04 Å². The van der Waals surface area contributed by atoms with Crippen LogP contribution in [0.2, 0.25) is 0 Å². The van der Waals surface area contributed by atoms with Gasteiger partial charge in [0.05, 0.1) is 26.4 Å². The van der Waals surface area contributed by atoms with E-state index in [4.69, 9.17) is 9.47 Å². The third-order valence-corrected chi connectivity index (χ3v) is 3.19. The third kappa shape index (κ3) is 4.80. The summed E-state index contributed by atoms with van der Waals surface area (Å²) >= 11 is 0. The molecule has 6 nitrogen and oxygen atoms in total. The predicted molar refractivity (Wildman–Crippen MR) is 70.6 cm³/mol. The lowest BCUT2D eigenvalue weighted by Crippen LogP contribution is -2.51. The molecule has 2 atom stereocenters. The maximum absolute atomic E-state index is 12.0. The molecule has 0 radical (unpaired) electrons. The Morgan fingerprint density at radius 3 is 2.68 bits per heavy atom. The zero-order chi connectivity index (χ0) is 14.4. The molecule has 1 saturated heterocycles. The second-order valence-corrected chi connectivity index (χ2v) is 5.15. The van der Waals surface area contributed by atoms with Crippen molar-refractivity contribution in [2.45, 2.75) is 32.9 Å². The summed E-state index contributed by atoms with van der Waals surface area (Å²) in [6.07, 6.45) is 0.0687. The molecule has 6 heteroatoms. The Kier molecular flexibility index (Phi) is 6.24. The normalized spacial score (nSPS) is 21.3. The summed E-state index contributed by atoms with van der Waals surface area (Å²) in [4.78, 5) is 25.4. The lowest BCUT2D eigenvalue weighted by Gasteiger charge is -2.31. The highest BCUT2D eigenvalue weighted by Gasteiger charge is 2.26. The lowest BCUT2D eigenvalue weighted by molar-refractivity contribution is -0.145. The number of rotatable bonds is 5. The largest absolute Gasteiger partial charge is 0.468 e. The van der Waals surface area contributed by atoms with Crippen LogP contribution in [-0.2, 0) is 19.1 Å². The summed E-state index contributed by atoms with van der Waals surface area (Å²) in [6, 6.07) is -0.451. The minimum absolute atomic E-state index is 0.00953. The van der Waals surface area contributed by atoms with E-state index in [0.29, 0.717) is 19.7 Å². The van der Waals surface area contributed by atoms with Crippen molar-refractivity contribution in [1.82, 2.24) is 10.2 Å². The van der Waals surface area contributed by atoms with Gasteiger partial charge >= 0.3 is 5.97 Å². The summed E-state index contributed by atoms with van der Waals surface area (Å²) in [5.41, 5.74) is 0. The van der Waals surface area contributed by atoms with Crippen molar-refractivity contribution in [2.75, 3.05) is 33.4 Å². The van der Waals surface area contributed by atoms with E-state index in [1.165, 1.54) is 7.11 Å². The van der Waals surface area contributed by atoms with E-state index in [1.54, 1.807) is 4.90 Å². The number of morpholine rings is 1. The van der Waals surface area contributed by atoms with Crippen LogP contribution in [0, 0.1) is 5.92 Å². The standard InChI is InChI=1S/C13H24N2O4/c1-9(2)12(13(17)18-4)14-7-11(16)15-5-6-19-10(3)8-15/h9-10,12,14H,5-8H2,1-4H3. The van der Waals surface area contributed by atoms with E-state index < -0.39 is 6.04 Å². The topological polar surface area (TPSA) is 67.9 Å². The van der Waals surface area contributed by atoms with Crippen molar-refractivity contribution in [2.24, 2.45) is 5.92 Å². The van der Waals surface area contributed by atoms with Gasteiger partial charge < -0.3 is 14.4 Å². The molecule has 0 saturated carbocycles. The molecule has 0 aliphatic carbocycles. The van der Waals surface area contributed by atoms with Crippen LogP contribution < -0.4 is 5.32 Å². The quantitative estimate of drug-likeness (QED) is 0.715. The molecule has 0 aromatic rings. The van der Waals surface area contributed by atoms with Gasteiger partial charge in [-0.15, -0.1) is 0 Å². The number of amides is 1. The Bertz CT molecular complexity index is 320. The Balaban J connectivity index is 2.45. The van der Waals surface area contributed by atoms with Crippen molar-refractivity contribution in [3.8, 4) is 0 Å². The molecule has 2 unspecified atom stereocenters. The first-order valence-corrected chi connectivity index (χ1v) is 6.66. The molecule has 0 spiro atoms. The highest BCUT2D eigenvalue weighted by molar-refractivity contribution is 5.80. The Morgan fingerprint density at radius 2 is 2.16 bits per heavy atom. The van der Waals surface area contributed by atoms with E-state index in [1.807, 2.05) is 20.8 Å². The second-order valence-electron chi connectivity index (χ2n) is 5.15. The number of ether oxygens (including phenoxy) is 2. The fourth-order valence-corrected chi connectivity index (χ4v) is 2.07. The molecule has 1 aliphatic rings. The van der Waals surface area contributed by atoms with Crippen LogP contribution in [0.4, 0.5) is 0 Å². The smallest absolute Gasteiger partial charge is 0.323 e. The number of nitrogens with zero attached hydrogens (tertiary/aromatic N) is 1. The predicted octanol–water partition coefficient (Wildman–Crippen LogP) is 0.0209. The second kappa shape index (κ2) is 7.45. The molecule has 0 bridgehead atoms. The summed E-state index contributed by atoms with van der Waals surface area (Å²) in [5, 5.41) is 2.98. The van der Waals surface area contributed by atoms with E-state index in [0.717, 1.165) is 0 Å². The SMILES string of the molecule is COC(=O)C(NCC(=O)N1CCOC(C)C1)C(C)C. The van der Waals surface area contributed by atoms with Gasteiger partial charge in [0.2, 0.25) is 5.91 Å². The number of nitrogens with one attached hydrogen (secondary N) is 1. The zero-order valence-corrected chi connectivity index (χ0v) is 12.1. The van der Waals surface area contributed by atoms with E-state index in [2.05, 4.69) is 5.32 Å². The lowest BCUT2D eigenvalue weighted by atomic mass is 10.0. The molecule has 1 rings (SSSR count). The summed E-state index contributed by atoms with van der Waals surface area (Å²) < 4.78 is 10.1. The number of esters is 1. The van der Waals surface area contributed by atoms with Crippen LogP contribution in [0.3, 0.4) is 0 Å². The molecule has 0 aromatic carbocycles. The highest BCUT2D eigenvalue weighted by atomic mass is 16.5. The van der Waals surface area contributed by atoms with E-state index in [-0.39, 0.29) is 30.4 Å². The molecule has 1 amide bonds. The Labute approximate surface area is 114 Å². The van der Waals surface area contributed by atoms with Crippen molar-refractivity contribution in [1.29, 1.82) is 0 Å². The van der Waals surface area contributed by atoms with E-state index >= 15 is 0 Å². The minimum atomic E-state index is -0.451. The van der Waals surface area contributed by atoms with E-state index in [9.17, 15) is 9.59 Å². The fraction of sp³-hybridized carbons (Fsp3) is 0.846. The molecule has 1 heterocycles. The number of hydrogen-bond donors (Lipinski definition) is 1. The first kappa shape index (κ1) is 15.9. The molecular weight excluding hydrogens is 248 g/mol. The fourth-order valence-electron chi connectivity index (χ4n) is 2.07. The van der Waals surface area contributed by atoms with Crippen molar-refractivity contribution in [3.05, 3.63) is 0 Å². The molecule has 0 aromatic heterocycles. The summed E-state index contributed by atoms with van der Waals surface area (Å²) in [5.74, 6) is -0.272. The maximum Gasteiger partial charge on any atom is 0.323 e. The highest BCUT2D eigenvalue weighted by Crippen LogP contribution is 2.06. The monoisotopic (exact) mass is 272 g/mol. The van der Waals surface area contributed by atoms with Crippen LogP contribution in [0.1, 0.15) is 20.8 Å². The summed E-state index contributed by atoms with van der Waals surface area (Å²) in [6.45, 7) is 7.69. The maximum atomic E-state index is 12.0. The van der Waals surface area contributed by atoms with Crippen LogP contribution in [-0.4, -0.2) is 62.3 Å². The molecule has 1 fully saturated rings. The van der Waals surface area contributed by atoms with Gasteiger partial charge in [0, 0.05) is 13.1 Å². The number of carbonyl (C=O) groups is 2. The van der Waals surface area contributed by atoms with Crippen LogP contribution in [0.25, 0.3) is 0 Å². The first-order valence-electron chi connectivity index (χ1n) is 6.66. The summed E-state index contributed by atoms with van der Waals surface area (Å²) in [7, 11) is 1.35. The van der Waals surface area contributed by atoms with Crippen LogP contribution in [0.15, 0.2) is 0 Å². The Hall–Kier alpha value is -1.14. The van der Waals surface area contributed by atoms with Gasteiger partial charge in [-0.05, 0) is 12.8 Å². The van der Waals surface area contributed by atoms with Crippen molar-refractivity contribution < 1.29 is 19.1 Å². The van der Waals surface area contributed by atoms with Crippen LogP contribution >= 0.6 is 0 Å². The average molecular weight is 272 g/mol. The first-order chi connectivity index (χ1) is 8.95. The molecule has 110 valence electrons. The zero-order valence-electron chi connectivity index (χ0n) is 12.1. The van der Waals surface area contributed by atoms with Crippen LogP contribution in [0.5, 0.6) is 0 Å². The van der Waals surface area contributed by atoms with Crippen molar-refractivity contribution in [3.63, 3.8) is 0 Å². The van der Waals surface area contributed by atoms with Gasteiger partial charge in [-0.2, -0.15) is 0 Å². The van der Waals surface area contributed by atoms with Crippen molar-refractivity contribution >= 4 is 11.9 Å². The molecule has 19 heavy (non-hydrogen) atoms. The third-order valence-electron chi connectivity index (χ3n) is 3.19. The molecule has 1 N–H and O–H groups in total. The average Bonchev–Trinajstić information content (AvgIpc) is 2.37. The Morgan fingerprint density at radius 1 is 1.47 bits per heavy atom. The molecular formula is C13H24N2O4. The molecule has 1 aliphatic heterocycles. The number of hydrogen-bond acceptors (Lipinski definition) is 5. The van der Waals surface area contributed by atoms with Gasteiger partial charge in [0.15, 0.2) is 0 Å². The van der Waals surface area contributed by atoms with Gasteiger partial charge in [-0.1, -0.05) is 13.8 Å². The van der Waals surface area contributed by atoms with Gasteiger partial charge in [0.25, 0.3) is 0 Å². The van der Waals surface area contributed by atoms with Gasteiger partial charge in [-0.25, -0.2) is 0 Å².